The molecule has 0 spiro atoms. The highest BCUT2D eigenvalue weighted by atomic mass is 79.9. The van der Waals surface area contributed by atoms with Crippen LogP contribution in [0.1, 0.15) is 28.8 Å². The minimum absolute atomic E-state index is 0.142. The minimum atomic E-state index is -3.68. The fourth-order valence-corrected chi connectivity index (χ4v) is 6.78. The van der Waals surface area contributed by atoms with Gasteiger partial charge in [0.1, 0.15) is 11.9 Å². The van der Waals surface area contributed by atoms with Crippen LogP contribution in [-0.4, -0.2) is 67.6 Å². The highest BCUT2D eigenvalue weighted by Crippen LogP contribution is 2.33. The van der Waals surface area contributed by atoms with E-state index in [1.165, 1.54) is 21.3 Å². The van der Waals surface area contributed by atoms with Gasteiger partial charge in [-0.25, -0.2) is 12.8 Å². The fourth-order valence-electron chi connectivity index (χ4n) is 4.76. The molecule has 0 saturated carbocycles. The second-order valence-corrected chi connectivity index (χ2v) is 11.6. The summed E-state index contributed by atoms with van der Waals surface area (Å²) in [5.74, 6) is -1.91. The van der Waals surface area contributed by atoms with Gasteiger partial charge in [0.05, 0.1) is 10.6 Å². The van der Waals surface area contributed by atoms with Gasteiger partial charge in [-0.05, 0) is 42.3 Å². The van der Waals surface area contributed by atoms with Crippen LogP contribution in [0.15, 0.2) is 45.8 Å². The van der Waals surface area contributed by atoms with Crippen molar-refractivity contribution in [3.8, 4) is 0 Å². The lowest BCUT2D eigenvalue weighted by Gasteiger charge is -2.35. The third-order valence-corrected chi connectivity index (χ3v) is 8.99. The third-order valence-electron chi connectivity index (χ3n) is 6.60. The molecule has 0 aromatic heterocycles. The summed E-state index contributed by atoms with van der Waals surface area (Å²) in [5, 5.41) is 2.25. The molecule has 0 bridgehead atoms. The van der Waals surface area contributed by atoms with E-state index in [9.17, 15) is 22.8 Å². The van der Waals surface area contributed by atoms with E-state index in [0.29, 0.717) is 15.7 Å². The van der Waals surface area contributed by atoms with Crippen molar-refractivity contribution in [1.82, 2.24) is 14.5 Å². The normalized spacial score (nSPS) is 21.3. The van der Waals surface area contributed by atoms with Crippen LogP contribution in [0.5, 0.6) is 0 Å². The average Bonchev–Trinajstić information content (AvgIpc) is 3.14. The first-order valence-electron chi connectivity index (χ1n) is 11.1. The van der Waals surface area contributed by atoms with Gasteiger partial charge >= 0.3 is 0 Å². The molecule has 35 heavy (non-hydrogen) atoms. The van der Waals surface area contributed by atoms with Crippen LogP contribution < -0.4 is 10.2 Å². The maximum atomic E-state index is 15.1. The Kier molecular flexibility index (Phi) is 6.14. The lowest BCUT2D eigenvalue weighted by Crippen LogP contribution is -2.52. The molecule has 184 valence electrons. The van der Waals surface area contributed by atoms with Crippen molar-refractivity contribution in [1.29, 1.82) is 0 Å². The Hall–Kier alpha value is -2.83. The number of piperazine rings is 1. The van der Waals surface area contributed by atoms with Crippen molar-refractivity contribution in [2.75, 3.05) is 31.1 Å². The molecule has 2 fully saturated rings. The molecule has 0 aliphatic carbocycles. The molecule has 3 amide bonds. The highest BCUT2D eigenvalue weighted by molar-refractivity contribution is 9.10. The minimum Gasteiger partial charge on any atom is -0.367 e. The van der Waals surface area contributed by atoms with Crippen LogP contribution >= 0.6 is 15.9 Å². The van der Waals surface area contributed by atoms with Gasteiger partial charge in [0, 0.05) is 49.2 Å². The Morgan fingerprint density at radius 3 is 2.46 bits per heavy atom. The maximum Gasteiger partial charge on any atom is 0.255 e. The van der Waals surface area contributed by atoms with Crippen LogP contribution in [0.25, 0.3) is 0 Å². The number of halogens is 2. The standard InChI is InChI=1S/C23H22BrFN4O5S/c24-15-2-1-3-16(11-15)35(33,34)28-8-6-27(7-9-28)20-10-14-13-29(23(32)17(14)12-18(20)25)19-4-5-21(30)26-22(19)31/h1-3,10-12,19H,4-9,13H2,(H,26,30,31). The molecule has 1 unspecified atom stereocenters. The van der Waals surface area contributed by atoms with E-state index in [1.54, 1.807) is 29.2 Å². The van der Waals surface area contributed by atoms with E-state index < -0.39 is 33.7 Å². The van der Waals surface area contributed by atoms with Gasteiger partial charge in [0.15, 0.2) is 0 Å². The molecule has 2 saturated heterocycles. The van der Waals surface area contributed by atoms with Gasteiger partial charge in [-0.3, -0.25) is 19.7 Å². The quantitative estimate of drug-likeness (QED) is 0.568. The number of hydrogen-bond donors (Lipinski definition) is 1. The molecule has 3 aliphatic rings. The summed E-state index contributed by atoms with van der Waals surface area (Å²) in [5.41, 5.74) is 1.09. The number of carbonyl (C=O) groups excluding carboxylic acids is 3. The van der Waals surface area contributed by atoms with Gasteiger partial charge < -0.3 is 9.80 Å². The average molecular weight is 565 g/mol. The molecule has 0 radical (unpaired) electrons. The zero-order valence-electron chi connectivity index (χ0n) is 18.5. The van der Waals surface area contributed by atoms with Crippen molar-refractivity contribution in [2.24, 2.45) is 0 Å². The second-order valence-electron chi connectivity index (χ2n) is 8.71. The number of carbonyl (C=O) groups is 3. The summed E-state index contributed by atoms with van der Waals surface area (Å²) in [7, 11) is -3.68. The highest BCUT2D eigenvalue weighted by Gasteiger charge is 2.40. The van der Waals surface area contributed by atoms with E-state index in [4.69, 9.17) is 0 Å². The first kappa shape index (κ1) is 23.9. The molecule has 1 N–H and O–H groups in total. The third kappa shape index (κ3) is 4.34. The Labute approximate surface area is 210 Å². The largest absolute Gasteiger partial charge is 0.367 e. The smallest absolute Gasteiger partial charge is 0.255 e. The van der Waals surface area contributed by atoms with Gasteiger partial charge in [-0.1, -0.05) is 22.0 Å². The van der Waals surface area contributed by atoms with Crippen molar-refractivity contribution in [3.05, 3.63) is 57.8 Å². The Morgan fingerprint density at radius 1 is 1.03 bits per heavy atom. The molecule has 9 nitrogen and oxygen atoms in total. The molecule has 3 aliphatic heterocycles. The van der Waals surface area contributed by atoms with Crippen molar-refractivity contribution < 1.29 is 27.2 Å². The van der Waals surface area contributed by atoms with E-state index in [2.05, 4.69) is 21.2 Å². The maximum absolute atomic E-state index is 15.1. The van der Waals surface area contributed by atoms with Crippen LogP contribution in [0, 0.1) is 5.82 Å². The first-order chi connectivity index (χ1) is 16.6. The van der Waals surface area contributed by atoms with E-state index >= 15 is 4.39 Å². The number of amides is 3. The van der Waals surface area contributed by atoms with Gasteiger partial charge in [-0.15, -0.1) is 0 Å². The van der Waals surface area contributed by atoms with Crippen LogP contribution in [0.2, 0.25) is 0 Å². The van der Waals surface area contributed by atoms with Gasteiger partial charge in [0.2, 0.25) is 21.8 Å². The van der Waals surface area contributed by atoms with Crippen molar-refractivity contribution in [2.45, 2.75) is 30.3 Å². The predicted octanol–water partition coefficient (Wildman–Crippen LogP) is 1.86. The molecule has 3 heterocycles. The van der Waals surface area contributed by atoms with Crippen LogP contribution in [0.4, 0.5) is 10.1 Å². The fraction of sp³-hybridized carbons (Fsp3) is 0.348. The topological polar surface area (TPSA) is 107 Å². The number of nitrogens with zero attached hydrogens (tertiary/aromatic N) is 3. The summed E-state index contributed by atoms with van der Waals surface area (Å²) >= 11 is 3.29. The number of sulfonamides is 1. The number of imide groups is 1. The number of hydrogen-bond acceptors (Lipinski definition) is 6. The van der Waals surface area contributed by atoms with Crippen molar-refractivity contribution in [3.63, 3.8) is 0 Å². The number of anilines is 1. The monoisotopic (exact) mass is 564 g/mol. The van der Waals surface area contributed by atoms with Gasteiger partial charge in [0.25, 0.3) is 5.91 Å². The second kappa shape index (κ2) is 8.99. The van der Waals surface area contributed by atoms with Crippen LogP contribution in [-0.2, 0) is 26.2 Å². The van der Waals surface area contributed by atoms with Crippen LogP contribution in [0.3, 0.4) is 0 Å². The first-order valence-corrected chi connectivity index (χ1v) is 13.4. The molecule has 1 atom stereocenters. The lowest BCUT2D eigenvalue weighted by atomic mass is 10.0. The molecule has 12 heteroatoms. The van der Waals surface area contributed by atoms with E-state index in [-0.39, 0.29) is 61.9 Å². The van der Waals surface area contributed by atoms with E-state index in [1.807, 2.05) is 0 Å². The number of benzene rings is 2. The number of fused-ring (bicyclic) bond motifs is 1. The Morgan fingerprint density at radius 2 is 1.77 bits per heavy atom. The Bertz CT molecular complexity index is 1340. The summed E-state index contributed by atoms with van der Waals surface area (Å²) in [4.78, 5) is 39.9. The summed E-state index contributed by atoms with van der Waals surface area (Å²) < 4.78 is 43.1. The van der Waals surface area contributed by atoms with Crippen molar-refractivity contribution >= 4 is 49.4 Å². The summed E-state index contributed by atoms with van der Waals surface area (Å²) in [6.45, 7) is 1.09. The number of piperidine rings is 1. The molecular weight excluding hydrogens is 543 g/mol. The molecule has 5 rings (SSSR count). The summed E-state index contributed by atoms with van der Waals surface area (Å²) in [6.07, 6.45) is 0.372. The Balaban J connectivity index is 1.31. The number of nitrogens with one attached hydrogen (secondary N) is 1. The zero-order valence-corrected chi connectivity index (χ0v) is 20.9. The lowest BCUT2D eigenvalue weighted by molar-refractivity contribution is -0.136. The molecule has 2 aromatic carbocycles. The molecule has 2 aromatic rings. The molecular formula is C23H22BrFN4O5S. The summed E-state index contributed by atoms with van der Waals surface area (Å²) in [6, 6.07) is 8.51. The number of rotatable bonds is 4. The zero-order chi connectivity index (χ0) is 24.9. The SMILES string of the molecule is O=C1CCC(N2Cc3cc(N4CCN(S(=O)(=O)c5cccc(Br)c5)CC4)c(F)cc3C2=O)C(=O)N1. The predicted molar refractivity (Wildman–Crippen MR) is 128 cm³/mol. The van der Waals surface area contributed by atoms with Gasteiger partial charge in [-0.2, -0.15) is 4.31 Å². The van der Waals surface area contributed by atoms with E-state index in [0.717, 1.165) is 0 Å².